The van der Waals surface area contributed by atoms with Crippen LogP contribution in [0, 0.1) is 0 Å². The fourth-order valence-corrected chi connectivity index (χ4v) is 5.54. The van der Waals surface area contributed by atoms with Crippen LogP contribution >= 0.6 is 0 Å². The highest BCUT2D eigenvalue weighted by Crippen LogP contribution is 2.37. The molecule has 38 heavy (non-hydrogen) atoms. The van der Waals surface area contributed by atoms with E-state index in [1.54, 1.807) is 0 Å². The van der Waals surface area contributed by atoms with Crippen LogP contribution < -0.4 is 0 Å². The third-order valence-electron chi connectivity index (χ3n) is 7.23. The first-order valence-corrected chi connectivity index (χ1v) is 12.7. The van der Waals surface area contributed by atoms with Crippen LogP contribution in [0.3, 0.4) is 0 Å². The molecule has 0 spiro atoms. The summed E-state index contributed by atoms with van der Waals surface area (Å²) in [4.78, 5) is 10.1. The highest BCUT2D eigenvalue weighted by atomic mass is 16.3. The van der Waals surface area contributed by atoms with Crippen LogP contribution in [0.5, 0.6) is 0 Å². The fourth-order valence-electron chi connectivity index (χ4n) is 5.54. The van der Waals surface area contributed by atoms with E-state index in [-0.39, 0.29) is 0 Å². The lowest BCUT2D eigenvalue weighted by molar-refractivity contribution is 0.653. The molecule has 8 rings (SSSR count). The number of fused-ring (bicyclic) bond motifs is 6. The molecule has 0 aliphatic heterocycles. The number of aromatic nitrogens is 3. The third-order valence-corrected chi connectivity index (χ3v) is 7.23. The molecule has 0 N–H and O–H groups in total. The molecule has 0 saturated carbocycles. The molecule has 0 unspecified atom stereocenters. The summed E-state index contributed by atoms with van der Waals surface area (Å²) in [5.41, 5.74) is 7.65. The van der Waals surface area contributed by atoms with E-state index in [2.05, 4.69) is 95.6 Å². The fraction of sp³-hybridized carbons (Fsp3) is 0. The smallest absolute Gasteiger partial charge is 0.231 e. The lowest BCUT2D eigenvalue weighted by Crippen LogP contribution is -1.97. The first-order valence-electron chi connectivity index (χ1n) is 12.7. The normalized spacial score (nSPS) is 11.7. The summed E-state index contributed by atoms with van der Waals surface area (Å²) in [6, 6.07) is 43.8. The maximum absolute atomic E-state index is 6.24. The van der Waals surface area contributed by atoms with Gasteiger partial charge in [0.1, 0.15) is 5.58 Å². The van der Waals surface area contributed by atoms with Crippen molar-refractivity contribution >= 4 is 43.9 Å². The molecule has 0 atom stereocenters. The van der Waals surface area contributed by atoms with E-state index >= 15 is 0 Å². The van der Waals surface area contributed by atoms with Gasteiger partial charge in [0.05, 0.1) is 22.1 Å². The molecule has 0 bridgehead atoms. The van der Waals surface area contributed by atoms with Crippen molar-refractivity contribution in [3.63, 3.8) is 0 Å². The molecule has 178 valence electrons. The maximum Gasteiger partial charge on any atom is 0.231 e. The minimum absolute atomic E-state index is 0.595. The Bertz CT molecular complexity index is 2080. The van der Waals surface area contributed by atoms with Crippen LogP contribution in [0.1, 0.15) is 0 Å². The molecular formula is C34H21N3O. The number of furan rings is 1. The van der Waals surface area contributed by atoms with Crippen molar-refractivity contribution in [2.45, 2.75) is 0 Å². The van der Waals surface area contributed by atoms with Crippen molar-refractivity contribution in [3.8, 4) is 28.3 Å². The summed E-state index contributed by atoms with van der Waals surface area (Å²) in [6.07, 6.45) is 0. The van der Waals surface area contributed by atoms with Crippen LogP contribution in [0.15, 0.2) is 132 Å². The van der Waals surface area contributed by atoms with Gasteiger partial charge in [0, 0.05) is 33.0 Å². The third kappa shape index (κ3) is 3.10. The number of hydrogen-bond donors (Lipinski definition) is 0. The summed E-state index contributed by atoms with van der Waals surface area (Å²) in [7, 11) is 0. The van der Waals surface area contributed by atoms with Crippen molar-refractivity contribution in [2.24, 2.45) is 0 Å². The van der Waals surface area contributed by atoms with Gasteiger partial charge in [-0.25, -0.2) is 4.98 Å². The van der Waals surface area contributed by atoms with Gasteiger partial charge in [0.15, 0.2) is 5.82 Å². The molecule has 3 heterocycles. The maximum atomic E-state index is 6.24. The molecule has 4 nitrogen and oxygen atoms in total. The Kier molecular flexibility index (Phi) is 4.49. The lowest BCUT2D eigenvalue weighted by Gasteiger charge is -2.11. The zero-order chi connectivity index (χ0) is 25.1. The van der Waals surface area contributed by atoms with E-state index in [9.17, 15) is 0 Å². The van der Waals surface area contributed by atoms with Crippen molar-refractivity contribution < 1.29 is 4.42 Å². The van der Waals surface area contributed by atoms with Crippen LogP contribution in [0.4, 0.5) is 0 Å². The van der Waals surface area contributed by atoms with Crippen molar-refractivity contribution in [3.05, 3.63) is 127 Å². The summed E-state index contributed by atoms with van der Waals surface area (Å²) in [5, 5.41) is 4.43. The van der Waals surface area contributed by atoms with Gasteiger partial charge in [-0.15, -0.1) is 0 Å². The van der Waals surface area contributed by atoms with E-state index in [1.807, 2.05) is 36.4 Å². The highest BCUT2D eigenvalue weighted by molar-refractivity contribution is 6.11. The van der Waals surface area contributed by atoms with Gasteiger partial charge in [-0.1, -0.05) is 97.1 Å². The molecule has 5 aromatic carbocycles. The highest BCUT2D eigenvalue weighted by Gasteiger charge is 2.18. The minimum atomic E-state index is 0.595. The van der Waals surface area contributed by atoms with E-state index in [1.165, 1.54) is 21.8 Å². The largest absolute Gasteiger partial charge is 0.438 e. The summed E-state index contributed by atoms with van der Waals surface area (Å²) >= 11 is 0. The topological polar surface area (TPSA) is 43.9 Å². The number of rotatable bonds is 3. The van der Waals surface area contributed by atoms with Crippen LogP contribution in [0.2, 0.25) is 0 Å². The van der Waals surface area contributed by atoms with Gasteiger partial charge < -0.3 is 8.98 Å². The Labute approximate surface area is 218 Å². The van der Waals surface area contributed by atoms with E-state index in [0.717, 1.165) is 38.9 Å². The first-order chi connectivity index (χ1) is 18.8. The average Bonchev–Trinajstić information content (AvgIpc) is 3.53. The number of benzene rings is 5. The minimum Gasteiger partial charge on any atom is -0.438 e. The first kappa shape index (κ1) is 20.9. The van der Waals surface area contributed by atoms with E-state index < -0.39 is 0 Å². The molecule has 3 aromatic heterocycles. The Balaban J connectivity index is 1.39. The van der Waals surface area contributed by atoms with Crippen LogP contribution in [0.25, 0.3) is 72.2 Å². The Morgan fingerprint density at radius 2 is 1.16 bits per heavy atom. The zero-order valence-electron chi connectivity index (χ0n) is 20.4. The molecule has 4 heteroatoms. The number of para-hydroxylation sites is 3. The molecule has 0 fully saturated rings. The molecular weight excluding hydrogens is 466 g/mol. The number of nitrogens with zero attached hydrogens (tertiary/aromatic N) is 3. The monoisotopic (exact) mass is 487 g/mol. The van der Waals surface area contributed by atoms with Crippen molar-refractivity contribution in [1.82, 2.24) is 14.5 Å². The Hall–Kier alpha value is -5.22. The second-order valence-electron chi connectivity index (χ2n) is 9.46. The zero-order valence-corrected chi connectivity index (χ0v) is 20.4. The second kappa shape index (κ2) is 8.15. The van der Waals surface area contributed by atoms with Gasteiger partial charge >= 0.3 is 0 Å². The summed E-state index contributed by atoms with van der Waals surface area (Å²) in [5.74, 6) is 0.637. The summed E-state index contributed by atoms with van der Waals surface area (Å²) < 4.78 is 8.55. The predicted octanol–water partition coefficient (Wildman–Crippen LogP) is 8.81. The number of hydrogen-bond acceptors (Lipinski definition) is 3. The predicted molar refractivity (Wildman–Crippen MR) is 155 cm³/mol. The molecule has 0 radical (unpaired) electrons. The SMILES string of the molecule is c1ccc(-c2nc(-c3cccc(-n4c5ccccc5c5ccccc54)c3)nc3oc4ccccc4c23)cc1. The second-order valence-corrected chi connectivity index (χ2v) is 9.46. The standard InChI is InChI=1S/C34H21N3O/c1-2-11-22(12-3-1)32-31-27-17-6-9-20-30(27)38-34(31)36-33(35-32)23-13-10-14-24(21-23)37-28-18-7-4-15-25(28)26-16-5-8-19-29(26)37/h1-21H. The van der Waals surface area contributed by atoms with Crippen LogP contribution in [-0.2, 0) is 0 Å². The van der Waals surface area contributed by atoms with Crippen molar-refractivity contribution in [1.29, 1.82) is 0 Å². The van der Waals surface area contributed by atoms with Crippen molar-refractivity contribution in [2.75, 3.05) is 0 Å². The van der Waals surface area contributed by atoms with Gasteiger partial charge in [-0.05, 0) is 30.3 Å². The molecule has 0 saturated heterocycles. The molecule has 0 aliphatic carbocycles. The molecule has 0 amide bonds. The van der Waals surface area contributed by atoms with Gasteiger partial charge in [-0.2, -0.15) is 4.98 Å². The van der Waals surface area contributed by atoms with Gasteiger partial charge in [0.25, 0.3) is 0 Å². The Morgan fingerprint density at radius 3 is 1.92 bits per heavy atom. The lowest BCUT2D eigenvalue weighted by atomic mass is 10.1. The Morgan fingerprint density at radius 1 is 0.526 bits per heavy atom. The quantitative estimate of drug-likeness (QED) is 0.250. The molecule has 8 aromatic rings. The van der Waals surface area contributed by atoms with Crippen LogP contribution in [-0.4, -0.2) is 14.5 Å². The molecule has 0 aliphatic rings. The summed E-state index contributed by atoms with van der Waals surface area (Å²) in [6.45, 7) is 0. The van der Waals surface area contributed by atoms with E-state index in [0.29, 0.717) is 11.5 Å². The average molecular weight is 488 g/mol. The van der Waals surface area contributed by atoms with E-state index in [4.69, 9.17) is 14.4 Å². The van der Waals surface area contributed by atoms with Gasteiger partial charge in [0.2, 0.25) is 5.71 Å². The van der Waals surface area contributed by atoms with Gasteiger partial charge in [-0.3, -0.25) is 0 Å².